The summed E-state index contributed by atoms with van der Waals surface area (Å²) in [7, 11) is 0. The Bertz CT molecular complexity index is 973. The van der Waals surface area contributed by atoms with Crippen LogP contribution in [0, 0.1) is 12.8 Å². The normalized spacial score (nSPS) is 13.9. The highest BCUT2D eigenvalue weighted by molar-refractivity contribution is 6.31. The minimum atomic E-state index is -0.284. The van der Waals surface area contributed by atoms with Gasteiger partial charge in [0.1, 0.15) is 5.75 Å². The Balaban J connectivity index is 1.62. The first-order chi connectivity index (χ1) is 15.2. The van der Waals surface area contributed by atoms with Gasteiger partial charge in [0, 0.05) is 42.6 Å². The van der Waals surface area contributed by atoms with Crippen molar-refractivity contribution in [2.24, 2.45) is 5.92 Å². The number of nitrogens with one attached hydrogen (secondary N) is 1. The number of rotatable bonds is 7. The molecule has 6 nitrogen and oxygen atoms in total. The lowest BCUT2D eigenvalue weighted by molar-refractivity contribution is -0.132. The van der Waals surface area contributed by atoms with Gasteiger partial charge in [0.15, 0.2) is 6.61 Å². The Labute approximate surface area is 199 Å². The largest absolute Gasteiger partial charge is 0.483 e. The van der Waals surface area contributed by atoms with Crippen molar-refractivity contribution < 1.29 is 14.3 Å². The molecule has 1 saturated heterocycles. The Kier molecular flexibility index (Phi) is 8.26. The van der Waals surface area contributed by atoms with E-state index in [9.17, 15) is 9.59 Å². The third-order valence-corrected chi connectivity index (χ3v) is 5.75. The first-order valence-corrected chi connectivity index (χ1v) is 11.5. The molecule has 0 atom stereocenters. The standard InChI is InChI=1S/C24H29Cl2N3O3/c1-16(2)12-24(31)29-10-8-28(9-11-29)21-6-4-19(26)14-20(21)27-23(30)15-32-22-7-5-18(25)13-17(22)3/h4-7,13-14,16H,8-12,15H2,1-3H3,(H,27,30). The van der Waals surface area contributed by atoms with Gasteiger partial charge in [-0.25, -0.2) is 0 Å². The third kappa shape index (κ3) is 6.53. The Morgan fingerprint density at radius 3 is 2.34 bits per heavy atom. The van der Waals surface area contributed by atoms with E-state index in [-0.39, 0.29) is 18.4 Å². The molecule has 0 aliphatic carbocycles. The van der Waals surface area contributed by atoms with Crippen LogP contribution in [0.4, 0.5) is 11.4 Å². The van der Waals surface area contributed by atoms with E-state index in [1.54, 1.807) is 30.3 Å². The summed E-state index contributed by atoms with van der Waals surface area (Å²) >= 11 is 12.2. The van der Waals surface area contributed by atoms with Crippen LogP contribution < -0.4 is 15.0 Å². The van der Waals surface area contributed by atoms with Gasteiger partial charge in [0.05, 0.1) is 11.4 Å². The fourth-order valence-electron chi connectivity index (χ4n) is 3.66. The van der Waals surface area contributed by atoms with Gasteiger partial charge in [-0.1, -0.05) is 37.0 Å². The number of anilines is 2. The van der Waals surface area contributed by atoms with Gasteiger partial charge in [-0.2, -0.15) is 0 Å². The van der Waals surface area contributed by atoms with Gasteiger partial charge in [0.25, 0.3) is 5.91 Å². The molecule has 1 aliphatic heterocycles. The molecular formula is C24H29Cl2N3O3. The van der Waals surface area contributed by atoms with Gasteiger partial charge >= 0.3 is 0 Å². The molecule has 1 N–H and O–H groups in total. The van der Waals surface area contributed by atoms with Crippen LogP contribution >= 0.6 is 23.2 Å². The third-order valence-electron chi connectivity index (χ3n) is 5.28. The van der Waals surface area contributed by atoms with E-state index in [1.807, 2.05) is 17.9 Å². The minimum absolute atomic E-state index is 0.133. The molecule has 2 aromatic carbocycles. The van der Waals surface area contributed by atoms with Crippen molar-refractivity contribution in [3.05, 3.63) is 52.0 Å². The zero-order chi connectivity index (χ0) is 23.3. The van der Waals surface area contributed by atoms with E-state index >= 15 is 0 Å². The molecule has 0 spiro atoms. The van der Waals surface area contributed by atoms with Gasteiger partial charge in [-0.05, 0) is 54.8 Å². The number of carbonyl (C=O) groups is 2. The van der Waals surface area contributed by atoms with Crippen LogP contribution in [-0.2, 0) is 9.59 Å². The number of hydrogen-bond acceptors (Lipinski definition) is 4. The number of nitrogens with zero attached hydrogens (tertiary/aromatic N) is 2. The SMILES string of the molecule is Cc1cc(Cl)ccc1OCC(=O)Nc1cc(Cl)ccc1N1CCN(C(=O)CC(C)C)CC1. The zero-order valence-electron chi connectivity index (χ0n) is 18.7. The van der Waals surface area contributed by atoms with E-state index in [1.165, 1.54) is 0 Å². The predicted molar refractivity (Wildman–Crippen MR) is 130 cm³/mol. The molecular weight excluding hydrogens is 449 g/mol. The highest BCUT2D eigenvalue weighted by atomic mass is 35.5. The number of carbonyl (C=O) groups excluding carboxylic acids is 2. The molecule has 0 bridgehead atoms. The molecule has 8 heteroatoms. The van der Waals surface area contributed by atoms with Gasteiger partial charge in [-0.15, -0.1) is 0 Å². The lowest BCUT2D eigenvalue weighted by atomic mass is 10.1. The summed E-state index contributed by atoms with van der Waals surface area (Å²) in [4.78, 5) is 29.0. The number of benzene rings is 2. The summed E-state index contributed by atoms with van der Waals surface area (Å²) in [5.74, 6) is 0.864. The lowest BCUT2D eigenvalue weighted by Gasteiger charge is -2.37. The smallest absolute Gasteiger partial charge is 0.262 e. The number of amides is 2. The lowest BCUT2D eigenvalue weighted by Crippen LogP contribution is -2.49. The summed E-state index contributed by atoms with van der Waals surface area (Å²) in [5, 5.41) is 4.06. The fourth-order valence-corrected chi connectivity index (χ4v) is 4.06. The molecule has 0 aromatic heterocycles. The Morgan fingerprint density at radius 2 is 1.69 bits per heavy atom. The van der Waals surface area contributed by atoms with Gasteiger partial charge < -0.3 is 19.9 Å². The number of halogens is 2. The highest BCUT2D eigenvalue weighted by Gasteiger charge is 2.23. The van der Waals surface area contributed by atoms with Crippen molar-refractivity contribution in [3.8, 4) is 5.75 Å². The number of aryl methyl sites for hydroxylation is 1. The van der Waals surface area contributed by atoms with E-state index < -0.39 is 0 Å². The van der Waals surface area contributed by atoms with Crippen molar-refractivity contribution >= 4 is 46.4 Å². The molecule has 2 aromatic rings. The zero-order valence-corrected chi connectivity index (χ0v) is 20.2. The first kappa shape index (κ1) is 24.2. The van der Waals surface area contributed by atoms with Crippen LogP contribution in [0.1, 0.15) is 25.8 Å². The Morgan fingerprint density at radius 1 is 1.03 bits per heavy atom. The molecule has 1 aliphatic rings. The Hall–Kier alpha value is -2.44. The summed E-state index contributed by atoms with van der Waals surface area (Å²) in [5.41, 5.74) is 2.36. The molecule has 1 fully saturated rings. The number of piperazine rings is 1. The molecule has 172 valence electrons. The second-order valence-corrected chi connectivity index (χ2v) is 9.25. The van der Waals surface area contributed by atoms with E-state index in [0.29, 0.717) is 60.0 Å². The predicted octanol–water partition coefficient (Wildman–Crippen LogP) is 5.01. The van der Waals surface area contributed by atoms with Crippen molar-refractivity contribution in [3.63, 3.8) is 0 Å². The highest BCUT2D eigenvalue weighted by Crippen LogP contribution is 2.30. The van der Waals surface area contributed by atoms with E-state index in [2.05, 4.69) is 24.1 Å². The average Bonchev–Trinajstić information content (AvgIpc) is 2.73. The summed E-state index contributed by atoms with van der Waals surface area (Å²) in [6.07, 6.45) is 0.565. The van der Waals surface area contributed by atoms with E-state index in [4.69, 9.17) is 27.9 Å². The molecule has 1 heterocycles. The maximum Gasteiger partial charge on any atom is 0.262 e. The average molecular weight is 478 g/mol. The van der Waals surface area contributed by atoms with Crippen LogP contribution in [0.15, 0.2) is 36.4 Å². The summed E-state index contributed by atoms with van der Waals surface area (Å²) < 4.78 is 5.65. The van der Waals surface area contributed by atoms with Crippen LogP contribution in [0.2, 0.25) is 10.0 Å². The van der Waals surface area contributed by atoms with E-state index in [0.717, 1.165) is 11.3 Å². The van der Waals surface area contributed by atoms with Gasteiger partial charge in [-0.3, -0.25) is 9.59 Å². The topological polar surface area (TPSA) is 61.9 Å². The maximum absolute atomic E-state index is 12.6. The van der Waals surface area contributed by atoms with Crippen LogP contribution in [-0.4, -0.2) is 49.5 Å². The second kappa shape index (κ2) is 10.9. The van der Waals surface area contributed by atoms with Crippen molar-refractivity contribution in [1.29, 1.82) is 0 Å². The second-order valence-electron chi connectivity index (χ2n) is 8.37. The van der Waals surface area contributed by atoms with Crippen molar-refractivity contribution in [2.45, 2.75) is 27.2 Å². The minimum Gasteiger partial charge on any atom is -0.483 e. The fraction of sp³-hybridized carbons (Fsp3) is 0.417. The summed E-state index contributed by atoms with van der Waals surface area (Å²) in [6.45, 7) is 8.53. The molecule has 2 amide bonds. The number of hydrogen-bond donors (Lipinski definition) is 1. The molecule has 3 rings (SSSR count). The van der Waals surface area contributed by atoms with Crippen molar-refractivity contribution in [1.82, 2.24) is 4.90 Å². The number of ether oxygens (including phenoxy) is 1. The van der Waals surface area contributed by atoms with Crippen molar-refractivity contribution in [2.75, 3.05) is 43.0 Å². The first-order valence-electron chi connectivity index (χ1n) is 10.7. The molecule has 0 saturated carbocycles. The van der Waals surface area contributed by atoms with Crippen LogP contribution in [0.3, 0.4) is 0 Å². The van der Waals surface area contributed by atoms with Crippen LogP contribution in [0.5, 0.6) is 5.75 Å². The molecule has 32 heavy (non-hydrogen) atoms. The van der Waals surface area contributed by atoms with Gasteiger partial charge in [0.2, 0.25) is 5.91 Å². The van der Waals surface area contributed by atoms with Crippen LogP contribution in [0.25, 0.3) is 0 Å². The summed E-state index contributed by atoms with van der Waals surface area (Å²) in [6, 6.07) is 10.7. The maximum atomic E-state index is 12.6. The molecule has 0 radical (unpaired) electrons. The quantitative estimate of drug-likeness (QED) is 0.608. The molecule has 0 unspecified atom stereocenters. The monoisotopic (exact) mass is 477 g/mol.